The fourth-order valence-electron chi connectivity index (χ4n) is 7.12. The van der Waals surface area contributed by atoms with Crippen LogP contribution in [0.3, 0.4) is 0 Å². The highest BCUT2D eigenvalue weighted by molar-refractivity contribution is 7.26. The molecule has 10 rings (SSSR count). The summed E-state index contributed by atoms with van der Waals surface area (Å²) in [5, 5.41) is 4.94. The van der Waals surface area contributed by atoms with Gasteiger partial charge in [0.2, 0.25) is 0 Å². The Hall–Kier alpha value is -5.94. The Morgan fingerprint density at radius 2 is 0.900 bits per heavy atom. The van der Waals surface area contributed by atoms with Gasteiger partial charge in [-0.2, -0.15) is 0 Å². The van der Waals surface area contributed by atoms with Gasteiger partial charge in [-0.05, 0) is 63.7 Å². The van der Waals surface area contributed by atoms with Gasteiger partial charge < -0.3 is 0 Å². The molecule has 3 aromatic heterocycles. The van der Waals surface area contributed by atoms with E-state index < -0.39 is 0 Å². The quantitative estimate of drug-likeness (QED) is 0.182. The first-order valence-corrected chi connectivity index (χ1v) is 18.4. The van der Waals surface area contributed by atoms with E-state index in [0.717, 1.165) is 38.4 Å². The van der Waals surface area contributed by atoms with Crippen molar-refractivity contribution in [2.45, 2.75) is 0 Å². The fraction of sp³-hybridized carbons (Fsp3) is 0. The smallest absolute Gasteiger partial charge is 0.161 e. The predicted octanol–water partition coefficient (Wildman–Crippen LogP) is 13.5. The van der Waals surface area contributed by atoms with Crippen molar-refractivity contribution in [1.29, 1.82) is 0 Å². The van der Waals surface area contributed by atoms with Crippen molar-refractivity contribution in [3.8, 4) is 56.0 Å². The summed E-state index contributed by atoms with van der Waals surface area (Å²) in [4.78, 5) is 11.6. The molecule has 0 bridgehead atoms. The standard InChI is InChI=1S/C46H28N2S2/c1-2-12-29(13-3-1)30-14-9-18-34(27-30)43-42-39-21-5-7-25-41(39)50-46(42)48-45(47-43)35-19-10-16-32(28-35)31-15-8-17-33(26-31)36-22-11-23-38-37-20-4-6-24-40(37)49-44(36)38/h1-28H. The van der Waals surface area contributed by atoms with Gasteiger partial charge in [0.25, 0.3) is 0 Å². The first-order chi connectivity index (χ1) is 24.8. The average Bonchev–Trinajstić information content (AvgIpc) is 3.77. The van der Waals surface area contributed by atoms with Gasteiger partial charge in [-0.25, -0.2) is 9.97 Å². The van der Waals surface area contributed by atoms with E-state index in [1.165, 1.54) is 58.1 Å². The van der Waals surface area contributed by atoms with E-state index in [1.807, 2.05) is 11.3 Å². The largest absolute Gasteiger partial charge is 0.227 e. The normalized spacial score (nSPS) is 11.6. The second kappa shape index (κ2) is 11.9. The van der Waals surface area contributed by atoms with E-state index in [4.69, 9.17) is 9.97 Å². The molecule has 0 unspecified atom stereocenters. The summed E-state index contributed by atoms with van der Waals surface area (Å²) in [6, 6.07) is 60.8. The maximum absolute atomic E-state index is 5.35. The molecular formula is C46H28N2S2. The van der Waals surface area contributed by atoms with E-state index in [2.05, 4.69) is 170 Å². The highest BCUT2D eigenvalue weighted by Gasteiger charge is 2.18. The number of aromatic nitrogens is 2. The molecule has 0 atom stereocenters. The van der Waals surface area contributed by atoms with Crippen LogP contribution in [0.1, 0.15) is 0 Å². The topological polar surface area (TPSA) is 25.8 Å². The highest BCUT2D eigenvalue weighted by atomic mass is 32.1. The van der Waals surface area contributed by atoms with Crippen molar-refractivity contribution in [1.82, 2.24) is 9.97 Å². The summed E-state index contributed by atoms with van der Waals surface area (Å²) in [6.45, 7) is 0. The van der Waals surface area contributed by atoms with Gasteiger partial charge in [0.1, 0.15) is 4.83 Å². The molecule has 0 fully saturated rings. The lowest BCUT2D eigenvalue weighted by Gasteiger charge is -2.11. The highest BCUT2D eigenvalue weighted by Crippen LogP contribution is 2.42. The van der Waals surface area contributed by atoms with Crippen molar-refractivity contribution < 1.29 is 0 Å². The fourth-order valence-corrected chi connectivity index (χ4v) is 9.43. The van der Waals surface area contributed by atoms with Crippen molar-refractivity contribution >= 4 is 63.1 Å². The zero-order valence-electron chi connectivity index (χ0n) is 26.9. The molecule has 7 aromatic carbocycles. The van der Waals surface area contributed by atoms with Crippen LogP contribution in [-0.4, -0.2) is 9.97 Å². The van der Waals surface area contributed by atoms with Crippen LogP contribution < -0.4 is 0 Å². The Bertz CT molecular complexity index is 2880. The minimum Gasteiger partial charge on any atom is -0.227 e. The summed E-state index contributed by atoms with van der Waals surface area (Å²) in [6.07, 6.45) is 0. The van der Waals surface area contributed by atoms with Crippen LogP contribution in [0.4, 0.5) is 0 Å². The second-order valence-corrected chi connectivity index (χ2v) is 14.6. The Morgan fingerprint density at radius 1 is 0.360 bits per heavy atom. The summed E-state index contributed by atoms with van der Waals surface area (Å²) >= 11 is 3.60. The Kier molecular flexibility index (Phi) is 6.90. The molecule has 10 aromatic rings. The van der Waals surface area contributed by atoms with Gasteiger partial charge in [0.15, 0.2) is 5.82 Å². The van der Waals surface area contributed by atoms with Crippen molar-refractivity contribution in [2.75, 3.05) is 0 Å². The van der Waals surface area contributed by atoms with Gasteiger partial charge in [0.05, 0.1) is 5.69 Å². The van der Waals surface area contributed by atoms with E-state index in [9.17, 15) is 0 Å². The van der Waals surface area contributed by atoms with Crippen LogP contribution >= 0.6 is 22.7 Å². The first kappa shape index (κ1) is 29.0. The third-order valence-corrected chi connectivity index (χ3v) is 11.8. The van der Waals surface area contributed by atoms with E-state index in [0.29, 0.717) is 0 Å². The molecule has 0 saturated heterocycles. The molecule has 0 N–H and O–H groups in total. The van der Waals surface area contributed by atoms with Gasteiger partial charge in [0, 0.05) is 46.8 Å². The number of hydrogen-bond donors (Lipinski definition) is 0. The molecule has 0 aliphatic rings. The maximum atomic E-state index is 5.35. The van der Waals surface area contributed by atoms with Crippen molar-refractivity contribution in [3.63, 3.8) is 0 Å². The van der Waals surface area contributed by atoms with Gasteiger partial charge in [-0.15, -0.1) is 22.7 Å². The summed E-state index contributed by atoms with van der Waals surface area (Å²) in [5.74, 6) is 0.734. The predicted molar refractivity (Wildman–Crippen MR) is 215 cm³/mol. The minimum absolute atomic E-state index is 0.734. The Labute approximate surface area is 297 Å². The zero-order valence-corrected chi connectivity index (χ0v) is 28.5. The summed E-state index contributed by atoms with van der Waals surface area (Å²) in [7, 11) is 0. The molecule has 0 aliphatic carbocycles. The minimum atomic E-state index is 0.734. The van der Waals surface area contributed by atoms with E-state index in [1.54, 1.807) is 11.3 Å². The molecule has 50 heavy (non-hydrogen) atoms. The van der Waals surface area contributed by atoms with Crippen LogP contribution in [0.5, 0.6) is 0 Å². The monoisotopic (exact) mass is 672 g/mol. The summed E-state index contributed by atoms with van der Waals surface area (Å²) < 4.78 is 3.86. The molecule has 0 amide bonds. The number of rotatable bonds is 5. The van der Waals surface area contributed by atoms with E-state index >= 15 is 0 Å². The molecule has 3 heterocycles. The zero-order chi connectivity index (χ0) is 33.0. The number of nitrogens with zero attached hydrogens (tertiary/aromatic N) is 2. The number of benzene rings is 7. The van der Waals surface area contributed by atoms with Gasteiger partial charge in [-0.1, -0.05) is 140 Å². The lowest BCUT2D eigenvalue weighted by Crippen LogP contribution is -1.94. The average molecular weight is 673 g/mol. The maximum Gasteiger partial charge on any atom is 0.161 e. The van der Waals surface area contributed by atoms with Crippen LogP contribution in [0.2, 0.25) is 0 Å². The molecule has 0 radical (unpaired) electrons. The van der Waals surface area contributed by atoms with Gasteiger partial charge in [-0.3, -0.25) is 0 Å². The third kappa shape index (κ3) is 4.92. The molecule has 0 spiro atoms. The van der Waals surface area contributed by atoms with Crippen molar-refractivity contribution in [3.05, 3.63) is 170 Å². The lowest BCUT2D eigenvalue weighted by atomic mass is 9.97. The van der Waals surface area contributed by atoms with Crippen LogP contribution in [-0.2, 0) is 0 Å². The second-order valence-electron chi connectivity index (χ2n) is 12.6. The van der Waals surface area contributed by atoms with Crippen molar-refractivity contribution in [2.24, 2.45) is 0 Å². The lowest BCUT2D eigenvalue weighted by molar-refractivity contribution is 1.24. The molecule has 2 nitrogen and oxygen atoms in total. The van der Waals surface area contributed by atoms with Crippen LogP contribution in [0.15, 0.2) is 170 Å². The molecular weight excluding hydrogens is 645 g/mol. The van der Waals surface area contributed by atoms with Gasteiger partial charge >= 0.3 is 0 Å². The SMILES string of the molecule is c1ccc(-c2cccc(-c3nc(-c4cccc(-c5cccc(-c6cccc7c6sc6ccccc67)c5)c4)nc4sc5ccccc5c34)c2)cc1. The molecule has 4 heteroatoms. The van der Waals surface area contributed by atoms with Crippen LogP contribution in [0.25, 0.3) is 96.5 Å². The van der Waals surface area contributed by atoms with E-state index in [-0.39, 0.29) is 0 Å². The number of thiophene rings is 2. The number of hydrogen-bond acceptors (Lipinski definition) is 4. The third-order valence-electron chi connectivity index (χ3n) is 9.51. The molecule has 234 valence electrons. The number of fused-ring (bicyclic) bond motifs is 6. The first-order valence-electron chi connectivity index (χ1n) is 16.7. The Balaban J connectivity index is 1.10. The Morgan fingerprint density at radius 3 is 1.70 bits per heavy atom. The molecule has 0 aliphatic heterocycles. The van der Waals surface area contributed by atoms with Crippen LogP contribution in [0, 0.1) is 0 Å². The molecule has 0 saturated carbocycles. The summed E-state index contributed by atoms with van der Waals surface area (Å²) in [5.41, 5.74) is 10.2.